The van der Waals surface area contributed by atoms with Gasteiger partial charge in [0.1, 0.15) is 0 Å². The number of anilines is 1. The number of carbonyl (C=O) groups is 1. The van der Waals surface area contributed by atoms with Crippen LogP contribution < -0.4 is 10.6 Å². The number of carbonyl (C=O) groups excluding carboxylic acids is 1. The Hall–Kier alpha value is -1.56. The molecule has 6 nitrogen and oxygen atoms in total. The number of rotatable bonds is 5. The van der Waals surface area contributed by atoms with Crippen molar-refractivity contribution in [3.63, 3.8) is 0 Å². The summed E-state index contributed by atoms with van der Waals surface area (Å²) in [5, 5.41) is 18.8. The predicted molar refractivity (Wildman–Crippen MR) is 70.5 cm³/mol. The normalized spacial score (nSPS) is 14.3. The van der Waals surface area contributed by atoms with Crippen molar-refractivity contribution in [2.24, 2.45) is 0 Å². The average Bonchev–Trinajstić information content (AvgIpc) is 2.77. The lowest BCUT2D eigenvalue weighted by Crippen LogP contribution is -2.50. The van der Waals surface area contributed by atoms with Gasteiger partial charge in [0.25, 0.3) is 0 Å². The van der Waals surface area contributed by atoms with Gasteiger partial charge >= 0.3 is 6.03 Å². The summed E-state index contributed by atoms with van der Waals surface area (Å²) in [6, 6.07) is -0.0846. The lowest BCUT2D eigenvalue weighted by atomic mass is 10.0. The molecule has 0 bridgehead atoms. The van der Waals surface area contributed by atoms with Crippen molar-refractivity contribution in [3.05, 3.63) is 12.4 Å². The Morgan fingerprint density at radius 3 is 2.72 bits per heavy atom. The number of nitrogens with one attached hydrogen (secondary N) is 2. The molecule has 1 unspecified atom stereocenters. The highest BCUT2D eigenvalue weighted by molar-refractivity contribution is 5.89. The molecule has 1 aromatic heterocycles. The number of hydrogen-bond acceptors (Lipinski definition) is 3. The van der Waals surface area contributed by atoms with E-state index in [1.807, 2.05) is 20.8 Å². The van der Waals surface area contributed by atoms with E-state index in [1.165, 1.54) is 0 Å². The first-order chi connectivity index (χ1) is 8.40. The Balaban J connectivity index is 2.59. The summed E-state index contributed by atoms with van der Waals surface area (Å²) >= 11 is 0. The van der Waals surface area contributed by atoms with Crippen LogP contribution in [-0.2, 0) is 0 Å². The van der Waals surface area contributed by atoms with Crippen molar-refractivity contribution in [3.8, 4) is 0 Å². The maximum absolute atomic E-state index is 11.8. The molecule has 0 aliphatic carbocycles. The van der Waals surface area contributed by atoms with Gasteiger partial charge in [0, 0.05) is 12.2 Å². The minimum Gasteiger partial charge on any atom is -0.394 e. The van der Waals surface area contributed by atoms with Gasteiger partial charge in [0.2, 0.25) is 0 Å². The van der Waals surface area contributed by atoms with E-state index in [9.17, 15) is 9.90 Å². The van der Waals surface area contributed by atoms with Crippen molar-refractivity contribution in [2.45, 2.75) is 45.7 Å². The van der Waals surface area contributed by atoms with Crippen LogP contribution in [0.2, 0.25) is 0 Å². The molecule has 0 saturated heterocycles. The van der Waals surface area contributed by atoms with E-state index in [-0.39, 0.29) is 18.7 Å². The van der Waals surface area contributed by atoms with Crippen LogP contribution in [0.1, 0.15) is 40.2 Å². The van der Waals surface area contributed by atoms with Crippen LogP contribution in [0.15, 0.2) is 12.4 Å². The number of amides is 2. The maximum atomic E-state index is 11.8. The van der Waals surface area contributed by atoms with Crippen molar-refractivity contribution >= 4 is 11.7 Å². The number of nitrogens with zero attached hydrogens (tertiary/aromatic N) is 2. The fourth-order valence-corrected chi connectivity index (χ4v) is 1.36. The largest absolute Gasteiger partial charge is 0.394 e. The molecule has 6 heteroatoms. The Bertz CT molecular complexity index is 397. The first-order valence-corrected chi connectivity index (χ1v) is 6.14. The second-order valence-electron chi connectivity index (χ2n) is 4.95. The van der Waals surface area contributed by atoms with Crippen LogP contribution in [0.5, 0.6) is 0 Å². The van der Waals surface area contributed by atoms with Gasteiger partial charge in [-0.1, -0.05) is 6.92 Å². The summed E-state index contributed by atoms with van der Waals surface area (Å²) in [4.78, 5) is 11.8. The van der Waals surface area contributed by atoms with Gasteiger partial charge in [-0.25, -0.2) is 4.79 Å². The van der Waals surface area contributed by atoms with E-state index >= 15 is 0 Å². The molecule has 0 spiro atoms. The van der Waals surface area contributed by atoms with Gasteiger partial charge in [0.05, 0.1) is 24.0 Å². The third-order valence-electron chi connectivity index (χ3n) is 2.93. The lowest BCUT2D eigenvalue weighted by Gasteiger charge is -2.26. The van der Waals surface area contributed by atoms with E-state index in [1.54, 1.807) is 24.0 Å². The molecule has 0 aliphatic heterocycles. The van der Waals surface area contributed by atoms with E-state index in [0.717, 1.165) is 0 Å². The first-order valence-electron chi connectivity index (χ1n) is 6.14. The van der Waals surface area contributed by atoms with Gasteiger partial charge in [-0.3, -0.25) is 4.68 Å². The summed E-state index contributed by atoms with van der Waals surface area (Å²) in [7, 11) is 0. The Morgan fingerprint density at radius 2 is 2.28 bits per heavy atom. The molecule has 0 aromatic carbocycles. The number of hydrogen-bond donors (Lipinski definition) is 3. The number of aliphatic hydroxyl groups is 1. The van der Waals surface area contributed by atoms with E-state index in [4.69, 9.17) is 0 Å². The number of aromatic nitrogens is 2. The molecule has 18 heavy (non-hydrogen) atoms. The Morgan fingerprint density at radius 1 is 1.61 bits per heavy atom. The molecular formula is C12H22N4O2. The standard InChI is InChI=1S/C12H22N4O2/c1-5-12(4,8-17)15-11(18)14-10-6-13-16(7-10)9(2)3/h6-7,9,17H,5,8H2,1-4H3,(H2,14,15,18). The predicted octanol–water partition coefficient (Wildman–Crippen LogP) is 1.75. The highest BCUT2D eigenvalue weighted by atomic mass is 16.3. The highest BCUT2D eigenvalue weighted by Gasteiger charge is 2.23. The molecule has 0 fully saturated rings. The van der Waals surface area contributed by atoms with Crippen molar-refractivity contribution in [1.82, 2.24) is 15.1 Å². The van der Waals surface area contributed by atoms with E-state index in [0.29, 0.717) is 12.1 Å². The molecule has 1 atom stereocenters. The first kappa shape index (κ1) is 14.5. The third kappa shape index (κ3) is 3.73. The minimum absolute atomic E-state index is 0.0951. The zero-order valence-electron chi connectivity index (χ0n) is 11.4. The highest BCUT2D eigenvalue weighted by Crippen LogP contribution is 2.11. The molecule has 1 heterocycles. The third-order valence-corrected chi connectivity index (χ3v) is 2.93. The molecule has 2 amide bonds. The summed E-state index contributed by atoms with van der Waals surface area (Å²) in [6.07, 6.45) is 4.02. The van der Waals surface area contributed by atoms with Crippen LogP contribution in [0, 0.1) is 0 Å². The average molecular weight is 254 g/mol. The van der Waals surface area contributed by atoms with Gasteiger partial charge in [-0.2, -0.15) is 5.10 Å². The van der Waals surface area contributed by atoms with Crippen LogP contribution in [0.25, 0.3) is 0 Å². The SMILES string of the molecule is CCC(C)(CO)NC(=O)Nc1cnn(C(C)C)c1. The Labute approximate surface area is 107 Å². The summed E-state index contributed by atoms with van der Waals surface area (Å²) in [5.41, 5.74) is 0.0376. The van der Waals surface area contributed by atoms with Crippen LogP contribution in [0.4, 0.5) is 10.5 Å². The lowest BCUT2D eigenvalue weighted by molar-refractivity contribution is 0.172. The molecule has 0 radical (unpaired) electrons. The minimum atomic E-state index is -0.599. The maximum Gasteiger partial charge on any atom is 0.319 e. The smallest absolute Gasteiger partial charge is 0.319 e. The molecule has 0 aliphatic rings. The zero-order valence-corrected chi connectivity index (χ0v) is 11.4. The monoisotopic (exact) mass is 254 g/mol. The van der Waals surface area contributed by atoms with Gasteiger partial charge < -0.3 is 15.7 Å². The van der Waals surface area contributed by atoms with Crippen molar-refractivity contribution in [1.29, 1.82) is 0 Å². The van der Waals surface area contributed by atoms with E-state index in [2.05, 4.69) is 15.7 Å². The van der Waals surface area contributed by atoms with Gasteiger partial charge in [-0.05, 0) is 27.2 Å². The van der Waals surface area contributed by atoms with Crippen LogP contribution >= 0.6 is 0 Å². The molecule has 1 rings (SSSR count). The summed E-state index contributed by atoms with van der Waals surface area (Å²) in [5.74, 6) is 0. The molecule has 1 aromatic rings. The second kappa shape index (κ2) is 5.86. The molecule has 0 saturated carbocycles. The molecule has 3 N–H and O–H groups in total. The van der Waals surface area contributed by atoms with Crippen LogP contribution in [0.3, 0.4) is 0 Å². The van der Waals surface area contributed by atoms with Crippen LogP contribution in [-0.4, -0.2) is 33.1 Å². The number of urea groups is 1. The zero-order chi connectivity index (χ0) is 13.8. The molecule has 102 valence electrons. The fourth-order valence-electron chi connectivity index (χ4n) is 1.36. The molecular weight excluding hydrogens is 232 g/mol. The van der Waals surface area contributed by atoms with E-state index < -0.39 is 5.54 Å². The topological polar surface area (TPSA) is 79.2 Å². The summed E-state index contributed by atoms with van der Waals surface area (Å²) in [6.45, 7) is 7.63. The van der Waals surface area contributed by atoms with Crippen molar-refractivity contribution < 1.29 is 9.90 Å². The van der Waals surface area contributed by atoms with Crippen molar-refractivity contribution in [2.75, 3.05) is 11.9 Å². The second-order valence-corrected chi connectivity index (χ2v) is 4.95. The summed E-state index contributed by atoms with van der Waals surface area (Å²) < 4.78 is 1.76. The van der Waals surface area contributed by atoms with Gasteiger partial charge in [0.15, 0.2) is 0 Å². The Kier molecular flexibility index (Phi) is 4.72. The fraction of sp³-hybridized carbons (Fsp3) is 0.667. The quantitative estimate of drug-likeness (QED) is 0.749. The van der Waals surface area contributed by atoms with Gasteiger partial charge in [-0.15, -0.1) is 0 Å². The number of aliphatic hydroxyl groups excluding tert-OH is 1.